The van der Waals surface area contributed by atoms with Crippen LogP contribution in [0, 0.1) is 11.3 Å². The lowest BCUT2D eigenvalue weighted by molar-refractivity contribution is -0.154. The normalized spacial score (nSPS) is 10.8. The lowest BCUT2D eigenvalue weighted by atomic mass is 10.2. The van der Waals surface area contributed by atoms with E-state index in [9.17, 15) is 13.2 Å². The monoisotopic (exact) mass is 309 g/mol. The summed E-state index contributed by atoms with van der Waals surface area (Å²) in [6, 6.07) is 4.87. The summed E-state index contributed by atoms with van der Waals surface area (Å²) in [4.78, 5) is 11.5. The van der Waals surface area contributed by atoms with E-state index < -0.39 is 12.8 Å². The van der Waals surface area contributed by atoms with Crippen molar-refractivity contribution in [3.63, 3.8) is 0 Å². The fourth-order valence-electron chi connectivity index (χ4n) is 1.53. The zero-order valence-electron chi connectivity index (χ0n) is 11.1. The third-order valence-electron chi connectivity index (χ3n) is 2.45. The van der Waals surface area contributed by atoms with Gasteiger partial charge in [-0.15, -0.1) is 0 Å². The Kier molecular flexibility index (Phi) is 4.73. The number of anilines is 1. The molecule has 0 amide bonds. The molecule has 6 nitrogen and oxygen atoms in total. The molecule has 0 radical (unpaired) electrons. The van der Waals surface area contributed by atoms with Crippen molar-refractivity contribution in [2.24, 2.45) is 0 Å². The van der Waals surface area contributed by atoms with E-state index in [2.05, 4.69) is 25.0 Å². The Labute approximate surface area is 123 Å². The van der Waals surface area contributed by atoms with E-state index in [0.29, 0.717) is 11.4 Å². The molecule has 9 heteroatoms. The van der Waals surface area contributed by atoms with Gasteiger partial charge in [-0.3, -0.25) is 0 Å². The van der Waals surface area contributed by atoms with Crippen LogP contribution < -0.4 is 10.1 Å². The molecule has 0 saturated carbocycles. The number of nitrogens with zero attached hydrogens (tertiary/aromatic N) is 4. The Morgan fingerprint density at radius 1 is 1.18 bits per heavy atom. The van der Waals surface area contributed by atoms with Crippen molar-refractivity contribution >= 4 is 5.82 Å². The number of alkyl halides is 3. The van der Waals surface area contributed by atoms with Crippen molar-refractivity contribution in [2.75, 3.05) is 11.9 Å². The summed E-state index contributed by atoms with van der Waals surface area (Å²) < 4.78 is 40.8. The highest BCUT2D eigenvalue weighted by atomic mass is 19.4. The van der Waals surface area contributed by atoms with Crippen molar-refractivity contribution in [1.29, 1.82) is 5.26 Å². The largest absolute Gasteiger partial charge is 0.468 e. The van der Waals surface area contributed by atoms with Crippen LogP contribution in [0.15, 0.2) is 30.7 Å². The Bertz CT molecular complexity index is 684. The molecular weight excluding hydrogens is 299 g/mol. The van der Waals surface area contributed by atoms with Crippen molar-refractivity contribution in [3.8, 4) is 11.9 Å². The summed E-state index contributed by atoms with van der Waals surface area (Å²) in [5.74, 6) is 0.163. The summed E-state index contributed by atoms with van der Waals surface area (Å²) in [5.41, 5.74) is 0.756. The maximum absolute atomic E-state index is 12.1. The van der Waals surface area contributed by atoms with Gasteiger partial charge in [-0.1, -0.05) is 0 Å². The summed E-state index contributed by atoms with van der Waals surface area (Å²) in [6.45, 7) is -1.17. The van der Waals surface area contributed by atoms with Crippen LogP contribution in [-0.2, 0) is 6.54 Å². The molecule has 0 unspecified atom stereocenters. The molecule has 1 N–H and O–H groups in total. The molecule has 0 saturated heterocycles. The molecule has 114 valence electrons. The van der Waals surface area contributed by atoms with Gasteiger partial charge in [0.2, 0.25) is 5.88 Å². The van der Waals surface area contributed by atoms with Crippen LogP contribution >= 0.6 is 0 Å². The van der Waals surface area contributed by atoms with E-state index in [4.69, 9.17) is 5.26 Å². The van der Waals surface area contributed by atoms with Gasteiger partial charge in [-0.05, 0) is 11.6 Å². The van der Waals surface area contributed by atoms with Crippen LogP contribution in [0.4, 0.5) is 19.0 Å². The number of nitrogens with one attached hydrogen (secondary N) is 1. The minimum absolute atomic E-state index is 0.128. The Hall–Kier alpha value is -2.89. The first-order chi connectivity index (χ1) is 10.5. The minimum atomic E-state index is -4.42. The number of aromatic nitrogens is 3. The molecule has 2 heterocycles. The topological polar surface area (TPSA) is 83.7 Å². The zero-order valence-corrected chi connectivity index (χ0v) is 11.1. The van der Waals surface area contributed by atoms with E-state index >= 15 is 0 Å². The summed E-state index contributed by atoms with van der Waals surface area (Å²) in [7, 11) is 0. The van der Waals surface area contributed by atoms with E-state index in [0.717, 1.165) is 0 Å². The fraction of sp³-hybridized carbons (Fsp3) is 0.231. The van der Waals surface area contributed by atoms with E-state index in [1.54, 1.807) is 6.07 Å². The van der Waals surface area contributed by atoms with Crippen molar-refractivity contribution in [3.05, 3.63) is 42.0 Å². The first kappa shape index (κ1) is 15.5. The number of rotatable bonds is 5. The van der Waals surface area contributed by atoms with Crippen molar-refractivity contribution in [2.45, 2.75) is 12.7 Å². The van der Waals surface area contributed by atoms with Crippen molar-refractivity contribution < 1.29 is 17.9 Å². The summed E-state index contributed by atoms with van der Waals surface area (Å²) >= 11 is 0. The molecular formula is C13H10F3N5O. The maximum atomic E-state index is 12.1. The first-order valence-electron chi connectivity index (χ1n) is 6.07. The van der Waals surface area contributed by atoms with Gasteiger partial charge in [0.05, 0.1) is 0 Å². The molecule has 22 heavy (non-hydrogen) atoms. The number of ether oxygens (including phenoxy) is 1. The second-order valence-corrected chi connectivity index (χ2v) is 4.13. The van der Waals surface area contributed by atoms with Crippen LogP contribution in [0.25, 0.3) is 0 Å². The highest BCUT2D eigenvalue weighted by Crippen LogP contribution is 2.18. The van der Waals surface area contributed by atoms with Gasteiger partial charge in [0.25, 0.3) is 0 Å². The number of pyridine rings is 1. The molecule has 0 bridgehead atoms. The highest BCUT2D eigenvalue weighted by Gasteiger charge is 2.28. The van der Waals surface area contributed by atoms with E-state index in [1.165, 1.54) is 24.7 Å². The average Bonchev–Trinajstić information content (AvgIpc) is 2.51. The number of nitriles is 1. The molecule has 0 atom stereocenters. The lowest BCUT2D eigenvalue weighted by Crippen LogP contribution is -2.19. The minimum Gasteiger partial charge on any atom is -0.468 e. The van der Waals surface area contributed by atoms with Crippen LogP contribution in [0.1, 0.15) is 11.3 Å². The Balaban J connectivity index is 2.00. The van der Waals surface area contributed by atoms with Gasteiger partial charge >= 0.3 is 6.18 Å². The van der Waals surface area contributed by atoms with Crippen LogP contribution in [0.5, 0.6) is 5.88 Å². The molecule has 0 aliphatic carbocycles. The van der Waals surface area contributed by atoms with Crippen LogP contribution in [0.2, 0.25) is 0 Å². The molecule has 2 rings (SSSR count). The molecule has 2 aromatic rings. The highest BCUT2D eigenvalue weighted by molar-refractivity contribution is 5.47. The van der Waals surface area contributed by atoms with Gasteiger partial charge in [-0.25, -0.2) is 15.0 Å². The maximum Gasteiger partial charge on any atom is 0.422 e. The average molecular weight is 309 g/mol. The smallest absolute Gasteiger partial charge is 0.422 e. The van der Waals surface area contributed by atoms with Gasteiger partial charge < -0.3 is 10.1 Å². The zero-order chi connectivity index (χ0) is 16.0. The summed E-state index contributed by atoms with van der Waals surface area (Å²) in [6.07, 6.45) is -0.269. The summed E-state index contributed by atoms with van der Waals surface area (Å²) in [5, 5.41) is 11.8. The first-order valence-corrected chi connectivity index (χ1v) is 6.07. The van der Waals surface area contributed by atoms with Gasteiger partial charge in [0, 0.05) is 31.2 Å². The van der Waals surface area contributed by atoms with Gasteiger partial charge in [0.1, 0.15) is 6.07 Å². The third-order valence-corrected chi connectivity index (χ3v) is 2.45. The van der Waals surface area contributed by atoms with E-state index in [-0.39, 0.29) is 18.1 Å². The number of hydrogen-bond donors (Lipinski definition) is 1. The number of hydrogen-bond acceptors (Lipinski definition) is 6. The van der Waals surface area contributed by atoms with Gasteiger partial charge in [-0.2, -0.15) is 18.4 Å². The Morgan fingerprint density at radius 2 is 1.95 bits per heavy atom. The predicted molar refractivity (Wildman–Crippen MR) is 69.9 cm³/mol. The molecule has 0 aromatic carbocycles. The lowest BCUT2D eigenvalue weighted by Gasteiger charge is -2.10. The van der Waals surface area contributed by atoms with Crippen LogP contribution in [0.3, 0.4) is 0 Å². The van der Waals surface area contributed by atoms with E-state index in [1.807, 2.05) is 6.07 Å². The second kappa shape index (κ2) is 6.71. The third kappa shape index (κ3) is 4.59. The quantitative estimate of drug-likeness (QED) is 0.912. The molecule has 0 aliphatic rings. The van der Waals surface area contributed by atoms with Crippen LogP contribution in [-0.4, -0.2) is 27.7 Å². The van der Waals surface area contributed by atoms with Gasteiger partial charge in [0.15, 0.2) is 18.1 Å². The molecule has 2 aromatic heterocycles. The van der Waals surface area contributed by atoms with Crippen molar-refractivity contribution in [1.82, 2.24) is 15.0 Å². The molecule has 0 spiro atoms. The standard InChI is InChI=1S/C13H10F3N5O/c14-13(15,16)8-22-11-5-9(1-2-19-11)7-21-12-10(6-17)18-3-4-20-12/h1-5H,7-8H2,(H,20,21). The molecule has 0 fully saturated rings. The SMILES string of the molecule is N#Cc1nccnc1NCc1ccnc(OCC(F)(F)F)c1. The Morgan fingerprint density at radius 3 is 2.68 bits per heavy atom. The predicted octanol–water partition coefficient (Wildman–Crippen LogP) is 2.30. The molecule has 0 aliphatic heterocycles. The second-order valence-electron chi connectivity index (χ2n) is 4.13. The number of halogens is 3. The fourth-order valence-corrected chi connectivity index (χ4v) is 1.53.